The number of likely N-dealkylation sites (tertiary alicyclic amines) is 1. The molecule has 3 aliphatic rings. The summed E-state index contributed by atoms with van der Waals surface area (Å²) in [4.78, 5) is 27.1. The predicted molar refractivity (Wildman–Crippen MR) is 106 cm³/mol. The zero-order valence-electron chi connectivity index (χ0n) is 15.9. The molecule has 0 aromatic heterocycles. The van der Waals surface area contributed by atoms with Crippen molar-refractivity contribution in [2.45, 2.75) is 43.8 Å². The monoisotopic (exact) mass is 385 g/mol. The van der Waals surface area contributed by atoms with E-state index in [2.05, 4.69) is 15.3 Å². The van der Waals surface area contributed by atoms with Crippen LogP contribution in [0.15, 0.2) is 35.4 Å². The maximum absolute atomic E-state index is 12.7. The summed E-state index contributed by atoms with van der Waals surface area (Å²) in [5.74, 6) is -0.685. The van der Waals surface area contributed by atoms with Crippen LogP contribution in [0.3, 0.4) is 0 Å². The number of nitrogens with two attached hydrogens (primary N) is 1. The number of hydrazone groups is 1. The van der Waals surface area contributed by atoms with Gasteiger partial charge in [-0.15, -0.1) is 0 Å². The first kappa shape index (κ1) is 18.9. The van der Waals surface area contributed by atoms with Crippen molar-refractivity contribution in [1.29, 1.82) is 0 Å². The van der Waals surface area contributed by atoms with Gasteiger partial charge in [0.1, 0.15) is 11.8 Å². The number of ether oxygens (including phenoxy) is 1. The van der Waals surface area contributed by atoms with Crippen molar-refractivity contribution < 1.29 is 14.3 Å². The summed E-state index contributed by atoms with van der Waals surface area (Å²) in [6, 6.07) is 9.34. The van der Waals surface area contributed by atoms with Crippen LogP contribution in [-0.4, -0.2) is 66.9 Å². The highest BCUT2D eigenvalue weighted by Gasteiger charge is 2.36. The zero-order valence-corrected chi connectivity index (χ0v) is 15.9. The predicted octanol–water partition coefficient (Wildman–Crippen LogP) is 0.476. The summed E-state index contributed by atoms with van der Waals surface area (Å²) < 4.78 is 5.48. The number of hydrogen-bond acceptors (Lipinski definition) is 6. The van der Waals surface area contributed by atoms with Crippen LogP contribution in [0.2, 0.25) is 0 Å². The summed E-state index contributed by atoms with van der Waals surface area (Å²) in [6.45, 7) is 3.59. The summed E-state index contributed by atoms with van der Waals surface area (Å²) >= 11 is 0. The smallest absolute Gasteiger partial charge is 0.267 e. The van der Waals surface area contributed by atoms with E-state index in [-0.39, 0.29) is 18.4 Å². The van der Waals surface area contributed by atoms with Crippen LogP contribution in [0.25, 0.3) is 0 Å². The number of hydrogen-bond donors (Lipinski definition) is 2. The van der Waals surface area contributed by atoms with Crippen LogP contribution in [0, 0.1) is 0 Å². The van der Waals surface area contributed by atoms with Crippen molar-refractivity contribution in [3.63, 3.8) is 0 Å². The molecule has 2 amide bonds. The van der Waals surface area contributed by atoms with Gasteiger partial charge in [0.2, 0.25) is 5.91 Å². The minimum Gasteiger partial charge on any atom is -0.380 e. The van der Waals surface area contributed by atoms with Crippen molar-refractivity contribution >= 4 is 23.2 Å². The normalized spacial score (nSPS) is 26.3. The van der Waals surface area contributed by atoms with Crippen LogP contribution >= 0.6 is 0 Å². The van der Waals surface area contributed by atoms with Gasteiger partial charge < -0.3 is 15.8 Å². The topological polar surface area (TPSA) is 100 Å². The van der Waals surface area contributed by atoms with Gasteiger partial charge in [-0.1, -0.05) is 18.2 Å². The fourth-order valence-corrected chi connectivity index (χ4v) is 4.18. The second-order valence-corrected chi connectivity index (χ2v) is 7.65. The molecule has 8 heteroatoms. The first-order valence-electron chi connectivity index (χ1n) is 9.95. The third-order valence-corrected chi connectivity index (χ3v) is 5.81. The van der Waals surface area contributed by atoms with Gasteiger partial charge in [-0.2, -0.15) is 5.10 Å². The Morgan fingerprint density at radius 2 is 1.89 bits per heavy atom. The first-order chi connectivity index (χ1) is 13.6. The molecule has 0 saturated carbocycles. The fraction of sp³-hybridized carbons (Fsp3) is 0.550. The van der Waals surface area contributed by atoms with E-state index in [1.165, 1.54) is 0 Å². The third-order valence-electron chi connectivity index (χ3n) is 5.81. The zero-order chi connectivity index (χ0) is 19.5. The number of nitrogens with zero attached hydrogens (tertiary/aromatic N) is 3. The van der Waals surface area contributed by atoms with E-state index >= 15 is 0 Å². The number of benzene rings is 1. The number of piperidine rings is 1. The second-order valence-electron chi connectivity index (χ2n) is 7.65. The van der Waals surface area contributed by atoms with E-state index in [1.807, 2.05) is 30.3 Å². The van der Waals surface area contributed by atoms with Crippen LogP contribution in [0.1, 0.15) is 25.7 Å². The molecule has 0 aliphatic carbocycles. The molecule has 3 heterocycles. The average Bonchev–Trinajstić information content (AvgIpc) is 3.39. The molecule has 0 unspecified atom stereocenters. The lowest BCUT2D eigenvalue weighted by Crippen LogP contribution is -2.49. The lowest BCUT2D eigenvalue weighted by Gasteiger charge is -2.35. The molecule has 2 atom stereocenters. The standard InChI is InChI=1S/C20H27N5O3/c21-19(26)18-12-17(23-25(18)15-4-2-1-3-5-15)20(27)22-14-6-9-24(10-7-14)16-8-11-28-13-16/h1-5,14,16,18H,6-13H2,(H2,21,26)(H,22,27)/t16-,18+/m1/s1. The number of para-hydroxylation sites is 1. The van der Waals surface area contributed by atoms with Gasteiger partial charge in [-0.3, -0.25) is 19.5 Å². The number of carbonyl (C=O) groups is 2. The molecule has 3 N–H and O–H groups in total. The van der Waals surface area contributed by atoms with Crippen LogP contribution in [-0.2, 0) is 14.3 Å². The van der Waals surface area contributed by atoms with Gasteiger partial charge >= 0.3 is 0 Å². The van der Waals surface area contributed by atoms with E-state index in [0.29, 0.717) is 11.8 Å². The second kappa shape index (κ2) is 8.28. The Morgan fingerprint density at radius 1 is 1.14 bits per heavy atom. The molecule has 150 valence electrons. The van der Waals surface area contributed by atoms with Gasteiger partial charge in [0, 0.05) is 38.2 Å². The Hall–Kier alpha value is -2.45. The van der Waals surface area contributed by atoms with Crippen molar-refractivity contribution in [2.75, 3.05) is 31.3 Å². The van der Waals surface area contributed by atoms with Crippen molar-refractivity contribution in [2.24, 2.45) is 10.8 Å². The van der Waals surface area contributed by atoms with Gasteiger partial charge in [0.05, 0.1) is 12.3 Å². The van der Waals surface area contributed by atoms with Gasteiger partial charge in [-0.05, 0) is 31.4 Å². The number of amides is 2. The molecule has 2 saturated heterocycles. The highest BCUT2D eigenvalue weighted by Crippen LogP contribution is 2.25. The average molecular weight is 385 g/mol. The van der Waals surface area contributed by atoms with Crippen LogP contribution in [0.5, 0.6) is 0 Å². The Morgan fingerprint density at radius 3 is 2.54 bits per heavy atom. The molecule has 1 aromatic rings. The molecule has 0 bridgehead atoms. The fourth-order valence-electron chi connectivity index (χ4n) is 4.18. The summed E-state index contributed by atoms with van der Waals surface area (Å²) in [7, 11) is 0. The van der Waals surface area contributed by atoms with Crippen molar-refractivity contribution in [3.8, 4) is 0 Å². The highest BCUT2D eigenvalue weighted by molar-refractivity contribution is 6.40. The third kappa shape index (κ3) is 4.02. The molecule has 8 nitrogen and oxygen atoms in total. The van der Waals surface area contributed by atoms with Crippen LogP contribution in [0.4, 0.5) is 5.69 Å². The molecule has 1 aromatic carbocycles. The Labute approximate surface area is 164 Å². The van der Waals surface area contributed by atoms with Crippen molar-refractivity contribution in [1.82, 2.24) is 10.2 Å². The maximum atomic E-state index is 12.7. The van der Waals surface area contributed by atoms with E-state index in [0.717, 1.165) is 51.3 Å². The molecule has 0 radical (unpaired) electrons. The maximum Gasteiger partial charge on any atom is 0.267 e. The van der Waals surface area contributed by atoms with E-state index in [1.54, 1.807) is 5.01 Å². The quantitative estimate of drug-likeness (QED) is 0.768. The van der Waals surface area contributed by atoms with Gasteiger partial charge in [0.15, 0.2) is 0 Å². The lowest BCUT2D eigenvalue weighted by molar-refractivity contribution is -0.119. The van der Waals surface area contributed by atoms with Gasteiger partial charge in [-0.25, -0.2) is 0 Å². The van der Waals surface area contributed by atoms with Crippen molar-refractivity contribution in [3.05, 3.63) is 30.3 Å². The van der Waals surface area contributed by atoms with E-state index in [4.69, 9.17) is 10.5 Å². The largest absolute Gasteiger partial charge is 0.380 e. The number of nitrogens with one attached hydrogen (secondary N) is 1. The minimum absolute atomic E-state index is 0.131. The first-order valence-corrected chi connectivity index (χ1v) is 9.95. The Kier molecular flexibility index (Phi) is 5.59. The summed E-state index contributed by atoms with van der Waals surface area (Å²) in [5.41, 5.74) is 6.66. The molecule has 0 spiro atoms. The lowest BCUT2D eigenvalue weighted by atomic mass is 10.0. The summed E-state index contributed by atoms with van der Waals surface area (Å²) in [5, 5.41) is 9.07. The molecular formula is C20H27N5O3. The molecule has 3 aliphatic heterocycles. The minimum atomic E-state index is -0.632. The number of anilines is 1. The van der Waals surface area contributed by atoms with Gasteiger partial charge in [0.25, 0.3) is 5.91 Å². The molecule has 2 fully saturated rings. The van der Waals surface area contributed by atoms with E-state index in [9.17, 15) is 9.59 Å². The number of rotatable bonds is 5. The Bertz CT molecular complexity index is 739. The SMILES string of the molecule is NC(=O)[C@@H]1CC(C(=O)NC2CCN([C@@H]3CCOC3)CC2)=NN1c1ccccc1. The summed E-state index contributed by atoms with van der Waals surface area (Å²) in [6.07, 6.45) is 3.15. The van der Waals surface area contributed by atoms with Crippen LogP contribution < -0.4 is 16.1 Å². The number of carbonyl (C=O) groups excluding carboxylic acids is 2. The number of primary amides is 1. The highest BCUT2D eigenvalue weighted by atomic mass is 16.5. The van der Waals surface area contributed by atoms with E-state index < -0.39 is 11.9 Å². The molecule has 28 heavy (non-hydrogen) atoms. The Balaban J connectivity index is 1.36. The molecular weight excluding hydrogens is 358 g/mol. The molecule has 4 rings (SSSR count).